The topological polar surface area (TPSA) is 74.1 Å². The Hall–Kier alpha value is -13.3. The van der Waals surface area contributed by atoms with Gasteiger partial charge in [-0.05, 0) is 170 Å². The van der Waals surface area contributed by atoms with Crippen molar-refractivity contribution in [3.63, 3.8) is 0 Å². The van der Waals surface area contributed by atoms with E-state index < -0.39 is 0 Å². The van der Waals surface area contributed by atoms with E-state index in [4.69, 9.17) is 13.6 Å². The van der Waals surface area contributed by atoms with Crippen molar-refractivity contribution in [1.82, 2.24) is 13.7 Å². The van der Waals surface area contributed by atoms with Gasteiger partial charge in [-0.2, -0.15) is 5.26 Å². The van der Waals surface area contributed by atoms with Crippen molar-refractivity contribution in [3.8, 4) is 90.3 Å². The third-order valence-corrected chi connectivity index (χ3v) is 21.3. The summed E-state index contributed by atoms with van der Waals surface area (Å²) >= 11 is 0. The minimum atomic E-state index is -0.380. The summed E-state index contributed by atoms with van der Waals surface area (Å²) in [7, 11) is 0. The van der Waals surface area contributed by atoms with Gasteiger partial charge in [0, 0.05) is 65.7 Å². The summed E-state index contributed by atoms with van der Waals surface area (Å²) in [6.07, 6.45) is 0. The summed E-state index contributed by atoms with van der Waals surface area (Å²) in [5, 5.41) is 20.9. The third-order valence-electron chi connectivity index (χ3n) is 21.3. The fraction of sp³-hybridized carbons (Fsp3) is 0. The second-order valence-corrected chi connectivity index (χ2v) is 26.4. The van der Waals surface area contributed by atoms with E-state index in [9.17, 15) is 5.26 Å². The second kappa shape index (κ2) is 20.3. The molecule has 456 valence electrons. The van der Waals surface area contributed by atoms with Gasteiger partial charge >= 0.3 is 0 Å². The number of para-hydroxylation sites is 4. The smallest absolute Gasteiger partial charge is 0.256 e. The number of rotatable bonds is 7. The number of nitrogens with zero attached hydrogens (tertiary/aromatic N) is 4. The van der Waals surface area contributed by atoms with Crippen LogP contribution in [0.1, 0.15) is 5.56 Å². The number of hydrogen-bond donors (Lipinski definition) is 0. The molecule has 0 spiro atoms. The monoisotopic (exact) mass is 1260 g/mol. The largest absolute Gasteiger partial charge is 0.458 e. The second-order valence-electron chi connectivity index (χ2n) is 26.4. The first-order valence-corrected chi connectivity index (χ1v) is 33.7. The number of benzene rings is 15. The van der Waals surface area contributed by atoms with E-state index in [1.165, 1.54) is 21.5 Å². The average molecular weight is 1260 g/mol. The Balaban J connectivity index is 0.890. The molecule has 8 heteroatoms. The maximum Gasteiger partial charge on any atom is 0.256 e. The van der Waals surface area contributed by atoms with Crippen LogP contribution in [0.2, 0.25) is 0 Å². The molecule has 0 bridgehead atoms. The molecule has 0 atom stereocenters. The van der Waals surface area contributed by atoms with Crippen LogP contribution in [0.25, 0.3) is 182 Å². The lowest BCUT2D eigenvalue weighted by atomic mass is 9.34. The highest BCUT2D eigenvalue weighted by Gasteiger charge is 2.44. The van der Waals surface area contributed by atoms with Crippen LogP contribution in [0.3, 0.4) is 0 Å². The average Bonchev–Trinajstić information content (AvgIpc) is 1.54. The van der Waals surface area contributed by atoms with Crippen LogP contribution in [-0.4, -0.2) is 20.4 Å². The minimum Gasteiger partial charge on any atom is -0.458 e. The van der Waals surface area contributed by atoms with E-state index in [0.717, 1.165) is 188 Å². The minimum absolute atomic E-state index is 0.380. The van der Waals surface area contributed by atoms with Crippen LogP contribution < -0.4 is 21.1 Å². The van der Waals surface area contributed by atoms with E-state index in [1.807, 2.05) is 12.1 Å². The Morgan fingerprint density at radius 1 is 0.313 bits per heavy atom. The quantitative estimate of drug-likeness (QED) is 0.149. The van der Waals surface area contributed by atoms with Crippen molar-refractivity contribution in [2.45, 2.75) is 0 Å². The zero-order valence-electron chi connectivity index (χ0n) is 53.0. The molecule has 0 N–H and O–H groups in total. The predicted octanol–water partition coefficient (Wildman–Crippen LogP) is 21.9. The van der Waals surface area contributed by atoms with Gasteiger partial charge in [0.05, 0.1) is 55.5 Å². The van der Waals surface area contributed by atoms with Crippen LogP contribution in [0.4, 0.5) is 0 Å². The van der Waals surface area contributed by atoms with Gasteiger partial charge in [0.25, 0.3) is 6.71 Å². The van der Waals surface area contributed by atoms with E-state index >= 15 is 0 Å². The molecule has 2 aliphatic heterocycles. The lowest BCUT2D eigenvalue weighted by Crippen LogP contribution is -2.58. The molecule has 7 nitrogen and oxygen atoms in total. The van der Waals surface area contributed by atoms with Crippen molar-refractivity contribution in [1.29, 1.82) is 5.26 Å². The van der Waals surface area contributed by atoms with Crippen LogP contribution in [0.15, 0.2) is 318 Å². The zero-order valence-corrected chi connectivity index (χ0v) is 53.0. The number of furan rings is 2. The molecular weight excluding hydrogens is 1210 g/mol. The van der Waals surface area contributed by atoms with Crippen molar-refractivity contribution in [2.75, 3.05) is 0 Å². The van der Waals surface area contributed by atoms with Crippen LogP contribution in [-0.2, 0) is 0 Å². The summed E-state index contributed by atoms with van der Waals surface area (Å²) in [5.41, 5.74) is 27.3. The number of fused-ring (bicyclic) bond motifs is 21. The molecule has 7 heterocycles. The molecule has 0 radical (unpaired) electrons. The van der Waals surface area contributed by atoms with Gasteiger partial charge in [0.1, 0.15) is 33.8 Å². The van der Waals surface area contributed by atoms with Crippen LogP contribution >= 0.6 is 0 Å². The van der Waals surface area contributed by atoms with Gasteiger partial charge < -0.3 is 27.3 Å². The van der Waals surface area contributed by atoms with Crippen molar-refractivity contribution in [2.24, 2.45) is 0 Å². The molecule has 99 heavy (non-hydrogen) atoms. The molecular formula is C91H51BN4O3. The van der Waals surface area contributed by atoms with Gasteiger partial charge in [-0.25, -0.2) is 0 Å². The van der Waals surface area contributed by atoms with E-state index in [2.05, 4.69) is 317 Å². The first-order valence-electron chi connectivity index (χ1n) is 33.7. The molecule has 0 unspecified atom stereocenters. The lowest BCUT2D eigenvalue weighted by molar-refractivity contribution is 0.489. The first kappa shape index (κ1) is 54.0. The van der Waals surface area contributed by atoms with Gasteiger partial charge in [-0.1, -0.05) is 206 Å². The number of ether oxygens (including phenoxy) is 1. The molecule has 0 saturated carbocycles. The van der Waals surface area contributed by atoms with Gasteiger partial charge in [-0.3, -0.25) is 0 Å². The molecule has 5 aromatic heterocycles. The molecule has 0 aliphatic carbocycles. The van der Waals surface area contributed by atoms with E-state index in [-0.39, 0.29) is 6.71 Å². The Kier molecular flexibility index (Phi) is 11.1. The highest BCUT2D eigenvalue weighted by Crippen LogP contribution is 2.51. The number of aromatic nitrogens is 3. The van der Waals surface area contributed by atoms with Gasteiger partial charge in [-0.15, -0.1) is 0 Å². The van der Waals surface area contributed by atoms with E-state index in [1.54, 1.807) is 0 Å². The molecule has 0 fully saturated rings. The fourth-order valence-corrected chi connectivity index (χ4v) is 17.1. The maximum atomic E-state index is 10.1. The highest BCUT2D eigenvalue weighted by atomic mass is 16.5. The number of hydrogen-bond acceptors (Lipinski definition) is 4. The summed E-state index contributed by atoms with van der Waals surface area (Å²) in [6, 6.07) is 114. The van der Waals surface area contributed by atoms with Crippen LogP contribution in [0, 0.1) is 11.3 Å². The molecule has 15 aromatic carbocycles. The summed E-state index contributed by atoms with van der Waals surface area (Å²) < 4.78 is 30.2. The highest BCUT2D eigenvalue weighted by molar-refractivity contribution is 6.99. The standard InChI is InChI=1S/C91H51BN4O3/c93-52-53-35-37-54(38-36-53)57-47-81-87-84(48-57)99-89-72(64-26-10-9-24-62(64)56-21-5-2-6-22-56)45-58(63-25-8-7-23-61(63)55-19-3-1-4-20-55)46-75(89)92(87)74-51-73-71-50-60(95-78-33-17-13-29-67(78)68-30-14-18-34-79(68)95)40-44-83(71)98-91(73)86-85-80(96(81)88(74)86)42-41-69-70-49-59(39-43-82(70)97-90(69)85)94-76-31-15-11-27-65(76)66-28-12-16-32-77(66)94/h1-51H. The molecule has 2 aliphatic rings. The summed E-state index contributed by atoms with van der Waals surface area (Å²) in [6.45, 7) is -0.380. The predicted molar refractivity (Wildman–Crippen MR) is 407 cm³/mol. The molecule has 0 amide bonds. The SMILES string of the molecule is N#Cc1ccc(-c2cc3c4c(c2)-n2c5ccc6c7cc(-n8c9ccccc9c9ccccc98)ccc7oc6c5c5c6oc7ccc(-n8c9ccccc9c9ccccc98)cc7c6cc(c52)B4c2cc(-c4ccccc4-c4ccccc4)cc(-c4ccccc4-c4ccccc4)c2O3)cc1. The number of nitriles is 1. The molecule has 20 aromatic rings. The van der Waals surface area contributed by atoms with Gasteiger partial charge in [0.2, 0.25) is 0 Å². The summed E-state index contributed by atoms with van der Waals surface area (Å²) in [5.74, 6) is 1.55. The van der Waals surface area contributed by atoms with Crippen molar-refractivity contribution >= 4 is 132 Å². The van der Waals surface area contributed by atoms with E-state index in [0.29, 0.717) is 5.56 Å². The first-order chi connectivity index (χ1) is 49.1. The molecule has 22 rings (SSSR count). The fourth-order valence-electron chi connectivity index (χ4n) is 17.1. The Morgan fingerprint density at radius 3 is 1.39 bits per heavy atom. The van der Waals surface area contributed by atoms with Crippen molar-refractivity contribution in [3.05, 3.63) is 315 Å². The normalized spacial score (nSPS) is 12.5. The van der Waals surface area contributed by atoms with Crippen LogP contribution in [0.5, 0.6) is 11.5 Å². The Labute approximate surface area is 566 Å². The Bertz CT molecular complexity index is 6850. The van der Waals surface area contributed by atoms with Crippen molar-refractivity contribution < 1.29 is 13.6 Å². The van der Waals surface area contributed by atoms with Gasteiger partial charge in [0.15, 0.2) is 0 Å². The summed E-state index contributed by atoms with van der Waals surface area (Å²) in [4.78, 5) is 0. The molecule has 0 saturated heterocycles. The zero-order chi connectivity index (χ0) is 64.7. The lowest BCUT2D eigenvalue weighted by Gasteiger charge is -2.35. The maximum absolute atomic E-state index is 10.1. The Morgan fingerprint density at radius 2 is 0.818 bits per heavy atom. The third kappa shape index (κ3) is 7.61.